The molecule has 27 heavy (non-hydrogen) atoms. The molecule has 0 radical (unpaired) electrons. The van der Waals surface area contributed by atoms with Crippen molar-refractivity contribution in [2.75, 3.05) is 12.4 Å². The van der Waals surface area contributed by atoms with E-state index < -0.39 is 0 Å². The minimum Gasteiger partial charge on any atom is -0.496 e. The second kappa shape index (κ2) is 8.80. The Morgan fingerprint density at radius 2 is 1.78 bits per heavy atom. The molecular weight excluding hydrogens is 345 g/mol. The van der Waals surface area contributed by atoms with Crippen LogP contribution < -0.4 is 15.4 Å². The zero-order valence-corrected chi connectivity index (χ0v) is 14.9. The van der Waals surface area contributed by atoms with Gasteiger partial charge < -0.3 is 15.4 Å². The SMILES string of the molecule is COc1ccccc1CNC(=O)c1ccnc(NCc2ccccc2F)c1. The summed E-state index contributed by atoms with van der Waals surface area (Å²) >= 11 is 0. The highest BCUT2D eigenvalue weighted by Crippen LogP contribution is 2.17. The third kappa shape index (κ3) is 4.82. The molecule has 3 rings (SSSR count). The minimum absolute atomic E-state index is 0.225. The Kier molecular flexibility index (Phi) is 5.99. The average molecular weight is 365 g/mol. The Labute approximate surface area is 157 Å². The van der Waals surface area contributed by atoms with Gasteiger partial charge in [-0.25, -0.2) is 9.37 Å². The molecule has 3 aromatic rings. The van der Waals surface area contributed by atoms with Crippen molar-refractivity contribution >= 4 is 11.7 Å². The molecule has 0 aliphatic heterocycles. The van der Waals surface area contributed by atoms with Crippen molar-refractivity contribution < 1.29 is 13.9 Å². The number of benzene rings is 2. The summed E-state index contributed by atoms with van der Waals surface area (Å²) in [5.41, 5.74) is 1.89. The second-order valence-corrected chi connectivity index (χ2v) is 5.87. The van der Waals surface area contributed by atoms with Crippen LogP contribution in [0.15, 0.2) is 66.9 Å². The summed E-state index contributed by atoms with van der Waals surface area (Å²) in [7, 11) is 1.59. The van der Waals surface area contributed by atoms with Crippen LogP contribution in [-0.4, -0.2) is 18.0 Å². The van der Waals surface area contributed by atoms with E-state index in [0.717, 1.165) is 11.3 Å². The van der Waals surface area contributed by atoms with Crippen LogP contribution in [-0.2, 0) is 13.1 Å². The smallest absolute Gasteiger partial charge is 0.251 e. The van der Waals surface area contributed by atoms with Gasteiger partial charge in [-0.15, -0.1) is 0 Å². The lowest BCUT2D eigenvalue weighted by atomic mass is 10.2. The molecule has 0 fully saturated rings. The molecular formula is C21H20FN3O2. The number of aromatic nitrogens is 1. The number of amides is 1. The monoisotopic (exact) mass is 365 g/mol. The van der Waals surface area contributed by atoms with Gasteiger partial charge in [-0.05, 0) is 24.3 Å². The zero-order chi connectivity index (χ0) is 19.1. The molecule has 1 heterocycles. The maximum Gasteiger partial charge on any atom is 0.251 e. The van der Waals surface area contributed by atoms with Crippen LogP contribution in [0.1, 0.15) is 21.5 Å². The molecule has 0 unspecified atom stereocenters. The Hall–Kier alpha value is -3.41. The number of ether oxygens (including phenoxy) is 1. The number of carbonyl (C=O) groups excluding carboxylic acids is 1. The van der Waals surface area contributed by atoms with Crippen LogP contribution in [0.3, 0.4) is 0 Å². The third-order valence-corrected chi connectivity index (χ3v) is 4.07. The molecule has 6 heteroatoms. The fourth-order valence-corrected chi connectivity index (χ4v) is 2.62. The van der Waals surface area contributed by atoms with Gasteiger partial charge in [0.15, 0.2) is 0 Å². The van der Waals surface area contributed by atoms with E-state index in [1.807, 2.05) is 24.3 Å². The van der Waals surface area contributed by atoms with Gasteiger partial charge in [0.05, 0.1) is 7.11 Å². The molecule has 0 aliphatic rings. The van der Waals surface area contributed by atoms with Gasteiger partial charge in [-0.1, -0.05) is 36.4 Å². The van der Waals surface area contributed by atoms with Crippen LogP contribution in [0.2, 0.25) is 0 Å². The first-order valence-corrected chi connectivity index (χ1v) is 8.51. The zero-order valence-electron chi connectivity index (χ0n) is 14.9. The molecule has 0 saturated carbocycles. The lowest BCUT2D eigenvalue weighted by Gasteiger charge is -2.11. The van der Waals surface area contributed by atoms with Crippen molar-refractivity contribution in [2.24, 2.45) is 0 Å². The number of pyridine rings is 1. The molecule has 2 N–H and O–H groups in total. The van der Waals surface area contributed by atoms with E-state index in [9.17, 15) is 9.18 Å². The van der Waals surface area contributed by atoms with Gasteiger partial charge >= 0.3 is 0 Å². The first kappa shape index (κ1) is 18.4. The number of rotatable bonds is 7. The summed E-state index contributed by atoms with van der Waals surface area (Å²) in [5.74, 6) is 0.718. The van der Waals surface area contributed by atoms with Gasteiger partial charge in [0.25, 0.3) is 5.91 Å². The number of hydrogen-bond acceptors (Lipinski definition) is 4. The van der Waals surface area contributed by atoms with Gasteiger partial charge in [-0.2, -0.15) is 0 Å². The van der Waals surface area contributed by atoms with Crippen LogP contribution >= 0.6 is 0 Å². The lowest BCUT2D eigenvalue weighted by Crippen LogP contribution is -2.23. The van der Waals surface area contributed by atoms with Crippen molar-refractivity contribution in [3.05, 3.63) is 89.4 Å². The quantitative estimate of drug-likeness (QED) is 0.669. The van der Waals surface area contributed by atoms with Crippen LogP contribution in [0.5, 0.6) is 5.75 Å². The third-order valence-electron chi connectivity index (χ3n) is 4.07. The number of anilines is 1. The molecule has 0 saturated heterocycles. The van der Waals surface area contributed by atoms with E-state index in [1.54, 1.807) is 43.6 Å². The van der Waals surface area contributed by atoms with E-state index in [0.29, 0.717) is 23.5 Å². The Morgan fingerprint density at radius 1 is 1.04 bits per heavy atom. The summed E-state index contributed by atoms with van der Waals surface area (Å²) < 4.78 is 19.0. The maximum atomic E-state index is 13.7. The van der Waals surface area contributed by atoms with Crippen LogP contribution in [0.25, 0.3) is 0 Å². The van der Waals surface area contributed by atoms with Crippen LogP contribution in [0.4, 0.5) is 10.2 Å². The van der Waals surface area contributed by atoms with Crippen molar-refractivity contribution in [3.8, 4) is 5.75 Å². The Bertz CT molecular complexity index is 931. The fraction of sp³-hybridized carbons (Fsp3) is 0.143. The van der Waals surface area contributed by atoms with Gasteiger partial charge in [0, 0.05) is 36.0 Å². The summed E-state index contributed by atoms with van der Waals surface area (Å²) in [6.45, 7) is 0.634. The summed E-state index contributed by atoms with van der Waals surface area (Å²) in [5, 5.41) is 5.90. The number of nitrogens with zero attached hydrogens (tertiary/aromatic N) is 1. The molecule has 1 aromatic heterocycles. The average Bonchev–Trinajstić information content (AvgIpc) is 2.72. The van der Waals surface area contributed by atoms with Crippen molar-refractivity contribution in [1.82, 2.24) is 10.3 Å². The molecule has 5 nitrogen and oxygen atoms in total. The van der Waals surface area contributed by atoms with E-state index in [1.165, 1.54) is 6.07 Å². The maximum absolute atomic E-state index is 13.7. The van der Waals surface area contributed by atoms with Crippen molar-refractivity contribution in [3.63, 3.8) is 0 Å². The largest absolute Gasteiger partial charge is 0.496 e. The highest BCUT2D eigenvalue weighted by molar-refractivity contribution is 5.94. The molecule has 1 amide bonds. The minimum atomic E-state index is -0.282. The predicted molar refractivity (Wildman–Crippen MR) is 102 cm³/mol. The lowest BCUT2D eigenvalue weighted by molar-refractivity contribution is 0.0950. The number of hydrogen-bond donors (Lipinski definition) is 2. The molecule has 0 aliphatic carbocycles. The van der Waals surface area contributed by atoms with Crippen molar-refractivity contribution in [1.29, 1.82) is 0 Å². The van der Waals surface area contributed by atoms with E-state index >= 15 is 0 Å². The number of halogens is 1. The second-order valence-electron chi connectivity index (χ2n) is 5.87. The molecule has 2 aromatic carbocycles. The number of nitrogens with one attached hydrogen (secondary N) is 2. The Morgan fingerprint density at radius 3 is 2.56 bits per heavy atom. The molecule has 0 atom stereocenters. The van der Waals surface area contributed by atoms with Gasteiger partial charge in [0.1, 0.15) is 17.4 Å². The summed E-state index contributed by atoms with van der Waals surface area (Å²) in [4.78, 5) is 16.6. The van der Waals surface area contributed by atoms with Gasteiger partial charge in [-0.3, -0.25) is 4.79 Å². The van der Waals surface area contributed by atoms with Crippen LogP contribution in [0, 0.1) is 5.82 Å². The van der Waals surface area contributed by atoms with E-state index in [4.69, 9.17) is 4.74 Å². The van der Waals surface area contributed by atoms with E-state index in [2.05, 4.69) is 15.6 Å². The number of para-hydroxylation sites is 1. The fourth-order valence-electron chi connectivity index (χ4n) is 2.62. The van der Waals surface area contributed by atoms with Crippen molar-refractivity contribution in [2.45, 2.75) is 13.1 Å². The Balaban J connectivity index is 1.62. The first-order valence-electron chi connectivity index (χ1n) is 8.51. The normalized spacial score (nSPS) is 10.3. The first-order chi connectivity index (χ1) is 13.2. The standard InChI is InChI=1S/C21H20FN3O2/c1-27-19-9-5-3-7-17(19)14-25-21(26)15-10-11-23-20(12-15)24-13-16-6-2-4-8-18(16)22/h2-12H,13-14H2,1H3,(H,23,24)(H,25,26). The summed E-state index contributed by atoms with van der Waals surface area (Å²) in [6.07, 6.45) is 1.54. The molecule has 138 valence electrons. The highest BCUT2D eigenvalue weighted by Gasteiger charge is 2.09. The number of carbonyl (C=O) groups is 1. The molecule has 0 bridgehead atoms. The summed E-state index contributed by atoms with van der Waals surface area (Å²) in [6, 6.07) is 17.3. The van der Waals surface area contributed by atoms with Gasteiger partial charge in [0.2, 0.25) is 0 Å². The molecule has 0 spiro atoms. The predicted octanol–water partition coefficient (Wildman–Crippen LogP) is 3.77. The number of methoxy groups -OCH3 is 1. The highest BCUT2D eigenvalue weighted by atomic mass is 19.1. The topological polar surface area (TPSA) is 63.2 Å². The van der Waals surface area contributed by atoms with E-state index in [-0.39, 0.29) is 18.3 Å².